The van der Waals surface area contributed by atoms with Crippen LogP contribution >= 0.6 is 0 Å². The molecule has 2 rings (SSSR count). The highest BCUT2D eigenvalue weighted by Gasteiger charge is 2.07. The fourth-order valence-corrected chi connectivity index (χ4v) is 2.09. The van der Waals surface area contributed by atoms with Crippen molar-refractivity contribution in [2.24, 2.45) is 0 Å². The zero-order chi connectivity index (χ0) is 12.8. The lowest BCUT2D eigenvalue weighted by atomic mass is 10.1. The second-order valence-electron chi connectivity index (χ2n) is 4.27. The summed E-state index contributed by atoms with van der Waals surface area (Å²) in [7, 11) is 0. The van der Waals surface area contributed by atoms with Gasteiger partial charge in [-0.2, -0.15) is 5.26 Å². The molecule has 0 amide bonds. The lowest BCUT2D eigenvalue weighted by Crippen LogP contribution is -2.23. The number of aromatic nitrogens is 1. The van der Waals surface area contributed by atoms with Gasteiger partial charge in [0.15, 0.2) is 0 Å². The van der Waals surface area contributed by atoms with E-state index >= 15 is 0 Å². The number of pyridine rings is 1. The normalized spacial score (nSPS) is 10.7. The van der Waals surface area contributed by atoms with E-state index in [1.807, 2.05) is 12.3 Å². The van der Waals surface area contributed by atoms with Crippen molar-refractivity contribution in [3.8, 4) is 6.07 Å². The maximum absolute atomic E-state index is 8.66. The van der Waals surface area contributed by atoms with Crippen molar-refractivity contribution in [1.82, 2.24) is 9.88 Å². The largest absolute Gasteiger partial charge is 0.298 e. The number of hydrogen-bond donors (Lipinski definition) is 0. The van der Waals surface area contributed by atoms with Crippen LogP contribution in [0.25, 0.3) is 10.9 Å². The summed E-state index contributed by atoms with van der Waals surface area (Å²) < 4.78 is 0. The molecule has 0 atom stereocenters. The van der Waals surface area contributed by atoms with Crippen molar-refractivity contribution in [3.05, 3.63) is 42.1 Å². The molecular weight excluding hydrogens is 222 g/mol. The number of para-hydroxylation sites is 1. The fraction of sp³-hybridized carbons (Fsp3) is 0.333. The van der Waals surface area contributed by atoms with Gasteiger partial charge >= 0.3 is 0 Å². The zero-order valence-electron chi connectivity index (χ0n) is 10.6. The molecule has 3 nitrogen and oxygen atoms in total. The van der Waals surface area contributed by atoms with Crippen LogP contribution < -0.4 is 0 Å². The molecular formula is C15H17N3. The highest BCUT2D eigenvalue weighted by atomic mass is 15.1. The molecule has 18 heavy (non-hydrogen) atoms. The number of hydrogen-bond acceptors (Lipinski definition) is 3. The molecule has 0 spiro atoms. The highest BCUT2D eigenvalue weighted by Crippen LogP contribution is 2.17. The van der Waals surface area contributed by atoms with Gasteiger partial charge in [-0.1, -0.05) is 31.2 Å². The quantitative estimate of drug-likeness (QED) is 0.805. The van der Waals surface area contributed by atoms with Gasteiger partial charge in [0.2, 0.25) is 0 Å². The SMILES string of the molecule is CCN(CCC#N)Cc1cccc2cccnc12. The summed E-state index contributed by atoms with van der Waals surface area (Å²) in [5.41, 5.74) is 2.29. The Kier molecular flexibility index (Phi) is 4.27. The number of benzene rings is 1. The van der Waals surface area contributed by atoms with E-state index in [9.17, 15) is 0 Å². The standard InChI is InChI=1S/C15H17N3/c1-2-18(11-5-9-16)12-14-7-3-6-13-8-4-10-17-15(13)14/h3-4,6-8,10H,2,5,11-12H2,1H3. The molecule has 0 bridgehead atoms. The molecule has 0 fully saturated rings. The molecule has 1 aromatic carbocycles. The summed E-state index contributed by atoms with van der Waals surface area (Å²) in [4.78, 5) is 6.73. The Bertz CT molecular complexity index is 552. The number of fused-ring (bicyclic) bond motifs is 1. The molecule has 0 aliphatic heterocycles. The molecule has 0 unspecified atom stereocenters. The summed E-state index contributed by atoms with van der Waals surface area (Å²) in [5, 5.41) is 9.83. The van der Waals surface area contributed by atoms with Gasteiger partial charge in [-0.3, -0.25) is 9.88 Å². The molecule has 92 valence electrons. The van der Waals surface area contributed by atoms with Crippen LogP contribution in [-0.4, -0.2) is 23.0 Å². The predicted octanol–water partition coefficient (Wildman–Crippen LogP) is 2.97. The van der Waals surface area contributed by atoms with Crippen LogP contribution in [0.1, 0.15) is 18.9 Å². The summed E-state index contributed by atoms with van der Waals surface area (Å²) in [6.45, 7) is 4.74. The van der Waals surface area contributed by atoms with Gasteiger partial charge in [0.1, 0.15) is 0 Å². The number of rotatable bonds is 5. The lowest BCUT2D eigenvalue weighted by Gasteiger charge is -2.19. The van der Waals surface area contributed by atoms with Crippen LogP contribution in [0.3, 0.4) is 0 Å². The van der Waals surface area contributed by atoms with E-state index in [4.69, 9.17) is 5.26 Å². The molecule has 3 heteroatoms. The fourth-order valence-electron chi connectivity index (χ4n) is 2.09. The Labute approximate surface area is 108 Å². The monoisotopic (exact) mass is 239 g/mol. The van der Waals surface area contributed by atoms with Crippen LogP contribution in [0, 0.1) is 11.3 Å². The Balaban J connectivity index is 2.23. The van der Waals surface area contributed by atoms with Crippen LogP contribution in [0.2, 0.25) is 0 Å². The Morgan fingerprint density at radius 3 is 2.89 bits per heavy atom. The van der Waals surface area contributed by atoms with E-state index in [0.717, 1.165) is 25.2 Å². The number of nitriles is 1. The van der Waals surface area contributed by atoms with Gasteiger partial charge in [-0.15, -0.1) is 0 Å². The first-order valence-corrected chi connectivity index (χ1v) is 6.27. The molecule has 0 aliphatic rings. The maximum atomic E-state index is 8.66. The van der Waals surface area contributed by atoms with E-state index < -0.39 is 0 Å². The molecule has 0 saturated carbocycles. The van der Waals surface area contributed by atoms with Crippen molar-refractivity contribution in [2.45, 2.75) is 19.9 Å². The summed E-state index contributed by atoms with van der Waals surface area (Å²) >= 11 is 0. The van der Waals surface area contributed by atoms with E-state index in [1.54, 1.807) is 0 Å². The minimum absolute atomic E-state index is 0.575. The highest BCUT2D eigenvalue weighted by molar-refractivity contribution is 5.81. The van der Waals surface area contributed by atoms with Gasteiger partial charge in [0.05, 0.1) is 11.6 Å². The first-order chi connectivity index (χ1) is 8.85. The van der Waals surface area contributed by atoms with Gasteiger partial charge in [-0.25, -0.2) is 0 Å². The summed E-state index contributed by atoms with van der Waals surface area (Å²) in [6.07, 6.45) is 2.41. The third-order valence-corrected chi connectivity index (χ3v) is 3.10. The van der Waals surface area contributed by atoms with E-state index in [1.165, 1.54) is 10.9 Å². The molecule has 0 aliphatic carbocycles. The average Bonchev–Trinajstić information content (AvgIpc) is 2.43. The molecule has 1 aromatic heterocycles. The average molecular weight is 239 g/mol. The number of nitrogens with zero attached hydrogens (tertiary/aromatic N) is 3. The summed E-state index contributed by atoms with van der Waals surface area (Å²) in [5.74, 6) is 0. The predicted molar refractivity (Wildman–Crippen MR) is 72.9 cm³/mol. The van der Waals surface area contributed by atoms with Crippen LogP contribution in [0.15, 0.2) is 36.5 Å². The third-order valence-electron chi connectivity index (χ3n) is 3.10. The topological polar surface area (TPSA) is 39.9 Å². The van der Waals surface area contributed by atoms with Gasteiger partial charge in [0, 0.05) is 31.1 Å². The van der Waals surface area contributed by atoms with Crippen molar-refractivity contribution < 1.29 is 0 Å². The van der Waals surface area contributed by atoms with Crippen molar-refractivity contribution in [2.75, 3.05) is 13.1 Å². The molecule has 2 aromatic rings. The van der Waals surface area contributed by atoms with Crippen molar-refractivity contribution >= 4 is 10.9 Å². The maximum Gasteiger partial charge on any atom is 0.0746 e. The van der Waals surface area contributed by atoms with Crippen LogP contribution in [0.5, 0.6) is 0 Å². The molecule has 1 heterocycles. The molecule has 0 N–H and O–H groups in total. The van der Waals surface area contributed by atoms with E-state index in [2.05, 4.69) is 47.1 Å². The van der Waals surface area contributed by atoms with Gasteiger partial charge < -0.3 is 0 Å². The van der Waals surface area contributed by atoms with Crippen molar-refractivity contribution in [3.63, 3.8) is 0 Å². The Morgan fingerprint density at radius 1 is 1.28 bits per heavy atom. The van der Waals surface area contributed by atoms with E-state index in [0.29, 0.717) is 6.42 Å². The molecule has 0 saturated heterocycles. The van der Waals surface area contributed by atoms with Crippen LogP contribution in [-0.2, 0) is 6.54 Å². The second-order valence-corrected chi connectivity index (χ2v) is 4.27. The minimum atomic E-state index is 0.575. The minimum Gasteiger partial charge on any atom is -0.298 e. The lowest BCUT2D eigenvalue weighted by molar-refractivity contribution is 0.287. The summed E-state index contributed by atoms with van der Waals surface area (Å²) in [6, 6.07) is 12.5. The Morgan fingerprint density at radius 2 is 2.11 bits per heavy atom. The second kappa shape index (κ2) is 6.13. The third kappa shape index (κ3) is 2.85. The van der Waals surface area contributed by atoms with Gasteiger partial charge in [0.25, 0.3) is 0 Å². The van der Waals surface area contributed by atoms with Crippen LogP contribution in [0.4, 0.5) is 0 Å². The van der Waals surface area contributed by atoms with Gasteiger partial charge in [-0.05, 0) is 18.2 Å². The van der Waals surface area contributed by atoms with Crippen molar-refractivity contribution in [1.29, 1.82) is 5.26 Å². The smallest absolute Gasteiger partial charge is 0.0746 e. The van der Waals surface area contributed by atoms with E-state index in [-0.39, 0.29) is 0 Å². The molecule has 0 radical (unpaired) electrons. The zero-order valence-corrected chi connectivity index (χ0v) is 10.6. The first-order valence-electron chi connectivity index (χ1n) is 6.27. The first kappa shape index (κ1) is 12.5. The Hall–Kier alpha value is -1.92.